The second kappa shape index (κ2) is 7.85. The van der Waals surface area contributed by atoms with E-state index in [2.05, 4.69) is 48.2 Å². The minimum atomic E-state index is -0.303. The third kappa shape index (κ3) is 4.20. The number of aromatic nitrogens is 2. The van der Waals surface area contributed by atoms with Crippen LogP contribution in [0.2, 0.25) is 5.15 Å². The zero-order chi connectivity index (χ0) is 18.7. The maximum absolute atomic E-state index is 12.1. The maximum atomic E-state index is 12.1. The lowest BCUT2D eigenvalue weighted by Gasteiger charge is -2.09. The third-order valence-corrected chi connectivity index (χ3v) is 4.81. The summed E-state index contributed by atoms with van der Waals surface area (Å²) in [6.45, 7) is 6.05. The van der Waals surface area contributed by atoms with Gasteiger partial charge in [-0.15, -0.1) is 11.3 Å². The molecule has 1 aromatic carbocycles. The Morgan fingerprint density at radius 1 is 1.27 bits per heavy atom. The summed E-state index contributed by atoms with van der Waals surface area (Å²) in [5, 5.41) is 5.45. The average molecular weight is 388 g/mol. The first-order valence-corrected chi connectivity index (χ1v) is 9.26. The Balaban J connectivity index is 1.67. The molecule has 5 nitrogen and oxygen atoms in total. The Morgan fingerprint density at radius 2 is 2.00 bits per heavy atom. The van der Waals surface area contributed by atoms with Gasteiger partial charge in [-0.05, 0) is 44.0 Å². The van der Waals surface area contributed by atoms with E-state index in [1.165, 1.54) is 28.0 Å². The predicted octanol–water partition coefficient (Wildman–Crippen LogP) is 4.80. The Bertz CT molecular complexity index is 932. The molecule has 26 heavy (non-hydrogen) atoms. The van der Waals surface area contributed by atoms with Crippen LogP contribution in [0.15, 0.2) is 35.8 Å². The van der Waals surface area contributed by atoms with Crippen LogP contribution in [0.25, 0.3) is 11.3 Å². The number of nitrogens with one attached hydrogen (secondary N) is 1. The number of carbonyl (C=O) groups excluding carboxylic acids is 1. The summed E-state index contributed by atoms with van der Waals surface area (Å²) in [4.78, 5) is 20.5. The second-order valence-corrected chi connectivity index (χ2v) is 7.16. The van der Waals surface area contributed by atoms with Gasteiger partial charge in [0.1, 0.15) is 0 Å². The van der Waals surface area contributed by atoms with Gasteiger partial charge in [-0.1, -0.05) is 29.3 Å². The van der Waals surface area contributed by atoms with Crippen molar-refractivity contribution in [2.45, 2.75) is 20.8 Å². The smallest absolute Gasteiger partial charge is 0.264 e. The highest BCUT2D eigenvalue weighted by atomic mass is 35.5. The summed E-state index contributed by atoms with van der Waals surface area (Å²) in [5.41, 5.74) is 5.52. The van der Waals surface area contributed by atoms with E-state index < -0.39 is 0 Å². The number of ether oxygens (including phenoxy) is 1. The van der Waals surface area contributed by atoms with Crippen molar-refractivity contribution in [1.82, 2.24) is 9.97 Å². The number of amides is 1. The molecule has 0 aliphatic rings. The quantitative estimate of drug-likeness (QED) is 0.638. The largest absolute Gasteiger partial charge is 0.481 e. The van der Waals surface area contributed by atoms with Crippen LogP contribution >= 0.6 is 22.9 Å². The number of halogens is 1. The van der Waals surface area contributed by atoms with Crippen molar-refractivity contribution in [3.05, 3.63) is 57.7 Å². The monoisotopic (exact) mass is 387 g/mol. The maximum Gasteiger partial charge on any atom is 0.264 e. The molecule has 2 aromatic heterocycles. The van der Waals surface area contributed by atoms with E-state index in [0.717, 1.165) is 11.3 Å². The normalized spacial score (nSPS) is 10.6. The third-order valence-electron chi connectivity index (χ3n) is 3.77. The summed E-state index contributed by atoms with van der Waals surface area (Å²) in [6, 6.07) is 7.61. The highest BCUT2D eigenvalue weighted by Crippen LogP contribution is 2.31. The molecule has 134 valence electrons. The number of rotatable bonds is 5. The molecule has 7 heteroatoms. The van der Waals surface area contributed by atoms with Gasteiger partial charge < -0.3 is 4.74 Å². The van der Waals surface area contributed by atoms with Gasteiger partial charge in [0.15, 0.2) is 22.6 Å². The summed E-state index contributed by atoms with van der Waals surface area (Å²) in [5.74, 6) is 0.0678. The SMILES string of the molecule is Cc1cc(C)c(-c2csc(NC(=O)COc3cccnc3Cl)n2)c(C)c1. The van der Waals surface area contributed by atoms with Gasteiger partial charge in [0.05, 0.1) is 5.69 Å². The highest BCUT2D eigenvalue weighted by molar-refractivity contribution is 7.14. The molecule has 0 saturated carbocycles. The minimum Gasteiger partial charge on any atom is -0.481 e. The first kappa shape index (κ1) is 18.4. The van der Waals surface area contributed by atoms with E-state index in [1.54, 1.807) is 18.3 Å². The van der Waals surface area contributed by atoms with Gasteiger partial charge in [-0.2, -0.15) is 0 Å². The molecule has 3 rings (SSSR count). The molecular formula is C19H18ClN3O2S. The molecule has 0 aliphatic carbocycles. The molecule has 0 atom stereocenters. The molecule has 0 saturated heterocycles. The Morgan fingerprint density at radius 3 is 2.69 bits per heavy atom. The number of benzene rings is 1. The highest BCUT2D eigenvalue weighted by Gasteiger charge is 2.13. The summed E-state index contributed by atoms with van der Waals surface area (Å²) < 4.78 is 5.38. The zero-order valence-electron chi connectivity index (χ0n) is 14.7. The van der Waals surface area contributed by atoms with Gasteiger partial charge in [0.2, 0.25) is 0 Å². The molecule has 3 aromatic rings. The fourth-order valence-corrected chi connectivity index (χ4v) is 3.70. The van der Waals surface area contributed by atoms with Crippen LogP contribution in [0.3, 0.4) is 0 Å². The van der Waals surface area contributed by atoms with Gasteiger partial charge in [0, 0.05) is 17.1 Å². The fourth-order valence-electron chi connectivity index (χ4n) is 2.81. The predicted molar refractivity (Wildman–Crippen MR) is 105 cm³/mol. The topological polar surface area (TPSA) is 64.1 Å². The lowest BCUT2D eigenvalue weighted by molar-refractivity contribution is -0.118. The van der Waals surface area contributed by atoms with Crippen LogP contribution in [0.1, 0.15) is 16.7 Å². The van der Waals surface area contributed by atoms with Gasteiger partial charge in [0.25, 0.3) is 5.91 Å². The summed E-state index contributed by atoms with van der Waals surface area (Å²) in [7, 11) is 0. The molecule has 0 spiro atoms. The van der Waals surface area contributed by atoms with E-state index >= 15 is 0 Å². The average Bonchev–Trinajstić information content (AvgIpc) is 3.01. The lowest BCUT2D eigenvalue weighted by atomic mass is 9.98. The van der Waals surface area contributed by atoms with Crippen LogP contribution in [-0.4, -0.2) is 22.5 Å². The number of pyridine rings is 1. The number of nitrogens with zero attached hydrogens (tertiary/aromatic N) is 2. The van der Waals surface area contributed by atoms with Crippen molar-refractivity contribution in [3.8, 4) is 17.0 Å². The van der Waals surface area contributed by atoms with E-state index in [0.29, 0.717) is 10.9 Å². The van der Waals surface area contributed by atoms with Crippen LogP contribution in [0.5, 0.6) is 5.75 Å². The molecule has 2 heterocycles. The zero-order valence-corrected chi connectivity index (χ0v) is 16.2. The van der Waals surface area contributed by atoms with E-state index in [9.17, 15) is 4.79 Å². The van der Waals surface area contributed by atoms with Gasteiger partial charge >= 0.3 is 0 Å². The Hall–Kier alpha value is -2.44. The van der Waals surface area contributed by atoms with Crippen molar-refractivity contribution < 1.29 is 9.53 Å². The number of aryl methyl sites for hydroxylation is 3. The molecule has 1 N–H and O–H groups in total. The standard InChI is InChI=1S/C19H18ClN3O2S/c1-11-7-12(2)17(13(3)8-11)14-10-26-19(22-14)23-16(24)9-25-15-5-4-6-21-18(15)20/h4-8,10H,9H2,1-3H3,(H,22,23,24). The van der Waals surface area contributed by atoms with Crippen molar-refractivity contribution in [1.29, 1.82) is 0 Å². The van der Waals surface area contributed by atoms with Crippen LogP contribution < -0.4 is 10.1 Å². The van der Waals surface area contributed by atoms with Crippen LogP contribution in [0, 0.1) is 20.8 Å². The minimum absolute atomic E-state index is 0.164. The lowest BCUT2D eigenvalue weighted by Crippen LogP contribution is -2.20. The van der Waals surface area contributed by atoms with Crippen LogP contribution in [-0.2, 0) is 4.79 Å². The van der Waals surface area contributed by atoms with Gasteiger partial charge in [-0.3, -0.25) is 10.1 Å². The number of thiazole rings is 1. The van der Waals surface area contributed by atoms with Gasteiger partial charge in [-0.25, -0.2) is 9.97 Å². The van der Waals surface area contributed by atoms with Crippen molar-refractivity contribution in [2.24, 2.45) is 0 Å². The molecular weight excluding hydrogens is 370 g/mol. The van der Waals surface area contributed by atoms with E-state index in [4.69, 9.17) is 16.3 Å². The molecule has 0 unspecified atom stereocenters. The van der Waals surface area contributed by atoms with E-state index in [1.807, 2.05) is 5.38 Å². The summed E-state index contributed by atoms with van der Waals surface area (Å²) in [6.07, 6.45) is 1.56. The number of anilines is 1. The molecule has 0 radical (unpaired) electrons. The second-order valence-electron chi connectivity index (χ2n) is 5.94. The molecule has 0 bridgehead atoms. The first-order chi connectivity index (χ1) is 12.4. The number of carbonyl (C=O) groups is 1. The summed E-state index contributed by atoms with van der Waals surface area (Å²) >= 11 is 7.28. The Kier molecular flexibility index (Phi) is 5.54. The first-order valence-electron chi connectivity index (χ1n) is 8.01. The van der Waals surface area contributed by atoms with Crippen LogP contribution in [0.4, 0.5) is 5.13 Å². The molecule has 1 amide bonds. The number of hydrogen-bond donors (Lipinski definition) is 1. The molecule has 0 aliphatic heterocycles. The number of hydrogen-bond acceptors (Lipinski definition) is 5. The van der Waals surface area contributed by atoms with Crippen molar-refractivity contribution >= 4 is 34.0 Å². The Labute approximate surface area is 161 Å². The van der Waals surface area contributed by atoms with E-state index in [-0.39, 0.29) is 17.7 Å². The molecule has 0 fully saturated rings. The van der Waals surface area contributed by atoms with Crippen molar-refractivity contribution in [2.75, 3.05) is 11.9 Å². The fraction of sp³-hybridized carbons (Fsp3) is 0.211. The van der Waals surface area contributed by atoms with Crippen molar-refractivity contribution in [3.63, 3.8) is 0 Å².